The summed E-state index contributed by atoms with van der Waals surface area (Å²) < 4.78 is 15.2. The Balaban J connectivity index is 1.71. The van der Waals surface area contributed by atoms with Crippen LogP contribution in [0.3, 0.4) is 0 Å². The van der Waals surface area contributed by atoms with Gasteiger partial charge in [-0.3, -0.25) is 0 Å². The number of aliphatic hydroxyl groups is 1. The maximum absolute atomic E-state index is 13.2. The second kappa shape index (κ2) is 6.41. The highest BCUT2D eigenvalue weighted by atomic mass is 19.1. The van der Waals surface area contributed by atoms with Crippen molar-refractivity contribution in [3.8, 4) is 5.69 Å². The van der Waals surface area contributed by atoms with E-state index in [4.69, 9.17) is 0 Å². The van der Waals surface area contributed by atoms with E-state index in [9.17, 15) is 9.50 Å². The molecular formula is C21H25FN2O. The average Bonchev–Trinajstić information content (AvgIpc) is 3.00. The fraction of sp³-hybridized carbons (Fsp3) is 0.476. The number of aromatic nitrogens is 2. The van der Waals surface area contributed by atoms with Gasteiger partial charge in [0.15, 0.2) is 0 Å². The number of aliphatic hydroxyl groups excluding tert-OH is 1. The van der Waals surface area contributed by atoms with Crippen LogP contribution in [0.5, 0.6) is 0 Å². The molecule has 2 aliphatic carbocycles. The van der Waals surface area contributed by atoms with Crippen LogP contribution >= 0.6 is 0 Å². The number of rotatable bonds is 4. The third-order valence-corrected chi connectivity index (χ3v) is 6.17. The van der Waals surface area contributed by atoms with E-state index in [2.05, 4.69) is 18.1 Å². The zero-order chi connectivity index (χ0) is 17.4. The summed E-state index contributed by atoms with van der Waals surface area (Å²) in [5.41, 5.74) is 5.00. The van der Waals surface area contributed by atoms with Crippen LogP contribution in [0.2, 0.25) is 0 Å². The van der Waals surface area contributed by atoms with Crippen molar-refractivity contribution < 1.29 is 9.50 Å². The van der Waals surface area contributed by atoms with Crippen LogP contribution < -0.4 is 0 Å². The Morgan fingerprint density at radius 3 is 2.88 bits per heavy atom. The standard InChI is InChI=1S/C21H25FN2O/c1-21-13-15-14-23-24(19-9-7-18(22)8-10-19)20(15)12-17(21)5-2-4-16(21)6-3-11-25/h7-10,12,14,16,25H,2-6,11,13H2,1H3/t16-,21-/m1/s1. The highest BCUT2D eigenvalue weighted by Crippen LogP contribution is 2.52. The number of hydrogen-bond donors (Lipinski definition) is 1. The topological polar surface area (TPSA) is 38.0 Å². The van der Waals surface area contributed by atoms with E-state index < -0.39 is 0 Å². The molecule has 2 atom stereocenters. The van der Waals surface area contributed by atoms with Crippen molar-refractivity contribution in [1.29, 1.82) is 0 Å². The van der Waals surface area contributed by atoms with Crippen molar-refractivity contribution in [3.63, 3.8) is 0 Å². The molecule has 1 saturated carbocycles. The van der Waals surface area contributed by atoms with Gasteiger partial charge < -0.3 is 5.11 Å². The first-order valence-electron chi connectivity index (χ1n) is 9.26. The quantitative estimate of drug-likeness (QED) is 0.888. The van der Waals surface area contributed by atoms with Gasteiger partial charge in [-0.05, 0) is 85.8 Å². The Morgan fingerprint density at radius 1 is 1.32 bits per heavy atom. The smallest absolute Gasteiger partial charge is 0.123 e. The Morgan fingerprint density at radius 2 is 2.12 bits per heavy atom. The van der Waals surface area contributed by atoms with Crippen molar-refractivity contribution >= 4 is 6.08 Å². The van der Waals surface area contributed by atoms with Gasteiger partial charge in [0.25, 0.3) is 0 Å². The van der Waals surface area contributed by atoms with E-state index in [0.717, 1.165) is 37.1 Å². The molecule has 0 aliphatic heterocycles. The molecule has 4 heteroatoms. The van der Waals surface area contributed by atoms with Gasteiger partial charge in [-0.1, -0.05) is 12.5 Å². The summed E-state index contributed by atoms with van der Waals surface area (Å²) in [7, 11) is 0. The summed E-state index contributed by atoms with van der Waals surface area (Å²) in [4.78, 5) is 0. The molecule has 0 saturated heterocycles. The predicted octanol–water partition coefficient (Wildman–Crippen LogP) is 4.53. The number of fused-ring (bicyclic) bond motifs is 2. The predicted molar refractivity (Wildman–Crippen MR) is 97.0 cm³/mol. The number of nitrogens with zero attached hydrogens (tertiary/aromatic N) is 2. The minimum atomic E-state index is -0.227. The minimum absolute atomic E-state index is 0.178. The second-order valence-corrected chi connectivity index (χ2v) is 7.66. The Kier molecular flexibility index (Phi) is 4.24. The molecule has 1 aromatic carbocycles. The van der Waals surface area contributed by atoms with Crippen molar-refractivity contribution in [1.82, 2.24) is 9.78 Å². The van der Waals surface area contributed by atoms with Crippen molar-refractivity contribution in [2.75, 3.05) is 6.61 Å². The van der Waals surface area contributed by atoms with Crippen LogP contribution in [0.4, 0.5) is 4.39 Å². The SMILES string of the molecule is C[C@]12Cc3cnn(-c4ccc(F)cc4)c3C=C1CCC[C@@H]2CCCO. The highest BCUT2D eigenvalue weighted by molar-refractivity contribution is 5.61. The number of allylic oxidation sites excluding steroid dienone is 1. The lowest BCUT2D eigenvalue weighted by atomic mass is 9.59. The molecule has 3 nitrogen and oxygen atoms in total. The molecule has 0 spiro atoms. The lowest BCUT2D eigenvalue weighted by molar-refractivity contribution is 0.155. The number of halogens is 1. The molecule has 0 radical (unpaired) electrons. The molecule has 0 amide bonds. The molecule has 4 rings (SSSR count). The van der Waals surface area contributed by atoms with E-state index in [-0.39, 0.29) is 17.8 Å². The van der Waals surface area contributed by atoms with Crippen LogP contribution in [0.25, 0.3) is 11.8 Å². The third kappa shape index (κ3) is 2.82. The summed E-state index contributed by atoms with van der Waals surface area (Å²) in [6.45, 7) is 2.66. The molecule has 2 aliphatic rings. The molecule has 0 unspecified atom stereocenters. The monoisotopic (exact) mass is 340 g/mol. The lowest BCUT2D eigenvalue weighted by Gasteiger charge is -2.46. The second-order valence-electron chi connectivity index (χ2n) is 7.66. The third-order valence-electron chi connectivity index (χ3n) is 6.17. The van der Waals surface area contributed by atoms with Crippen molar-refractivity contribution in [2.45, 2.75) is 45.4 Å². The molecule has 1 aromatic heterocycles. The van der Waals surface area contributed by atoms with Crippen LogP contribution in [0, 0.1) is 17.2 Å². The normalized spacial score (nSPS) is 25.2. The Bertz CT molecular complexity index is 793. The van der Waals surface area contributed by atoms with Gasteiger partial charge in [0.05, 0.1) is 17.6 Å². The molecule has 25 heavy (non-hydrogen) atoms. The van der Waals surface area contributed by atoms with E-state index in [1.165, 1.54) is 36.1 Å². The van der Waals surface area contributed by atoms with E-state index in [1.807, 2.05) is 10.9 Å². The van der Waals surface area contributed by atoms with Gasteiger partial charge in [0.1, 0.15) is 5.82 Å². The molecule has 1 heterocycles. The zero-order valence-corrected chi connectivity index (χ0v) is 14.7. The summed E-state index contributed by atoms with van der Waals surface area (Å²) in [5, 5.41) is 13.8. The van der Waals surface area contributed by atoms with Gasteiger partial charge in [0, 0.05) is 6.61 Å². The van der Waals surface area contributed by atoms with Crippen LogP contribution in [0.1, 0.15) is 50.3 Å². The Labute approximate surface area is 148 Å². The number of benzene rings is 1. The van der Waals surface area contributed by atoms with Gasteiger partial charge in [-0.25, -0.2) is 9.07 Å². The summed E-state index contributed by atoms with van der Waals surface area (Å²) in [6, 6.07) is 6.52. The summed E-state index contributed by atoms with van der Waals surface area (Å²) in [6.07, 6.45) is 10.9. The first-order valence-corrected chi connectivity index (χ1v) is 9.26. The fourth-order valence-electron chi connectivity index (χ4n) is 4.73. The highest BCUT2D eigenvalue weighted by Gasteiger charge is 2.42. The maximum atomic E-state index is 13.2. The van der Waals surface area contributed by atoms with Gasteiger partial charge in [0.2, 0.25) is 0 Å². The van der Waals surface area contributed by atoms with Gasteiger partial charge >= 0.3 is 0 Å². The average molecular weight is 340 g/mol. The fourth-order valence-corrected chi connectivity index (χ4v) is 4.73. The van der Waals surface area contributed by atoms with Gasteiger partial charge in [-0.2, -0.15) is 5.10 Å². The zero-order valence-electron chi connectivity index (χ0n) is 14.7. The largest absolute Gasteiger partial charge is 0.396 e. The van der Waals surface area contributed by atoms with E-state index in [0.29, 0.717) is 5.92 Å². The molecule has 0 bridgehead atoms. The number of hydrogen-bond acceptors (Lipinski definition) is 2. The molecule has 132 valence electrons. The van der Waals surface area contributed by atoms with Crippen molar-refractivity contribution in [2.24, 2.45) is 11.3 Å². The van der Waals surface area contributed by atoms with Crippen molar-refractivity contribution in [3.05, 3.63) is 53.1 Å². The van der Waals surface area contributed by atoms with E-state index in [1.54, 1.807) is 12.1 Å². The minimum Gasteiger partial charge on any atom is -0.396 e. The van der Waals surface area contributed by atoms with Crippen LogP contribution in [-0.4, -0.2) is 21.5 Å². The van der Waals surface area contributed by atoms with Crippen LogP contribution in [0.15, 0.2) is 36.0 Å². The van der Waals surface area contributed by atoms with E-state index >= 15 is 0 Å². The summed E-state index contributed by atoms with van der Waals surface area (Å²) in [5.74, 6) is 0.400. The molecular weight excluding hydrogens is 315 g/mol. The molecule has 1 N–H and O–H groups in total. The first kappa shape index (κ1) is 16.5. The maximum Gasteiger partial charge on any atom is 0.123 e. The van der Waals surface area contributed by atoms with Crippen LogP contribution in [-0.2, 0) is 6.42 Å². The molecule has 1 fully saturated rings. The first-order chi connectivity index (χ1) is 12.1. The Hall–Kier alpha value is -1.94. The molecule has 2 aromatic rings. The summed E-state index contributed by atoms with van der Waals surface area (Å²) >= 11 is 0. The van der Waals surface area contributed by atoms with Gasteiger partial charge in [-0.15, -0.1) is 0 Å². The lowest BCUT2D eigenvalue weighted by Crippen LogP contribution is -2.37.